The predicted molar refractivity (Wildman–Crippen MR) is 89.9 cm³/mol. The molecule has 0 bridgehead atoms. The van der Waals surface area contributed by atoms with Crippen molar-refractivity contribution in [2.24, 2.45) is 0 Å². The van der Waals surface area contributed by atoms with E-state index in [-0.39, 0.29) is 15.9 Å². The largest absolute Gasteiger partial charge is 0.358 e. The summed E-state index contributed by atoms with van der Waals surface area (Å²) in [5, 5.41) is 12.3. The molecular weight excluding hydrogens is 328 g/mol. The van der Waals surface area contributed by atoms with Gasteiger partial charge in [0.15, 0.2) is 9.84 Å². The molecular formula is C16H12N4O3S. The lowest BCUT2D eigenvalue weighted by Gasteiger charge is -2.07. The second-order valence-electron chi connectivity index (χ2n) is 5.18. The summed E-state index contributed by atoms with van der Waals surface area (Å²) in [6, 6.07) is 9.57. The van der Waals surface area contributed by atoms with E-state index in [0.717, 1.165) is 6.26 Å². The van der Waals surface area contributed by atoms with Crippen molar-refractivity contribution < 1.29 is 8.42 Å². The molecule has 0 saturated heterocycles. The molecule has 0 aliphatic carbocycles. The number of hydrogen-bond acceptors (Lipinski definition) is 6. The van der Waals surface area contributed by atoms with E-state index >= 15 is 0 Å². The molecule has 2 heterocycles. The van der Waals surface area contributed by atoms with Gasteiger partial charge in [-0.05, 0) is 30.3 Å². The molecule has 8 heteroatoms. The average molecular weight is 340 g/mol. The van der Waals surface area contributed by atoms with Crippen molar-refractivity contribution in [3.63, 3.8) is 0 Å². The standard InChI is InChI=1S/C16H12N4O3S/c1-24(22,23)12-4-2-11(3-5-12)20-15-6-13-14(9-19-15)18-8-10(7-17)16(13)21/h2-6,8-9H,1H3,(H,18,21)(H,19,20). The van der Waals surface area contributed by atoms with Crippen LogP contribution in [0, 0.1) is 11.3 Å². The number of aromatic nitrogens is 2. The van der Waals surface area contributed by atoms with Crippen molar-refractivity contribution >= 4 is 32.2 Å². The quantitative estimate of drug-likeness (QED) is 0.753. The Morgan fingerprint density at radius 3 is 2.58 bits per heavy atom. The van der Waals surface area contributed by atoms with Crippen molar-refractivity contribution in [3.05, 3.63) is 58.5 Å². The van der Waals surface area contributed by atoms with Gasteiger partial charge in [0.05, 0.1) is 22.0 Å². The molecule has 3 rings (SSSR count). The fraction of sp³-hybridized carbons (Fsp3) is 0.0625. The molecule has 0 unspecified atom stereocenters. The van der Waals surface area contributed by atoms with Gasteiger partial charge in [0, 0.05) is 18.1 Å². The maximum atomic E-state index is 12.2. The topological polar surface area (TPSA) is 116 Å². The number of hydrogen-bond donors (Lipinski definition) is 2. The van der Waals surface area contributed by atoms with Crippen LogP contribution in [0.5, 0.6) is 0 Å². The third kappa shape index (κ3) is 2.98. The molecule has 2 aromatic heterocycles. The number of H-pyrrole nitrogens is 1. The molecule has 0 saturated carbocycles. The van der Waals surface area contributed by atoms with E-state index in [9.17, 15) is 13.2 Å². The van der Waals surface area contributed by atoms with Crippen LogP contribution in [0.2, 0.25) is 0 Å². The molecule has 1 aromatic carbocycles. The van der Waals surface area contributed by atoms with E-state index in [4.69, 9.17) is 5.26 Å². The number of aromatic amines is 1. The van der Waals surface area contributed by atoms with Crippen LogP contribution in [-0.4, -0.2) is 24.6 Å². The molecule has 0 aliphatic heterocycles. The van der Waals surface area contributed by atoms with Gasteiger partial charge in [0.25, 0.3) is 0 Å². The molecule has 0 atom stereocenters. The minimum Gasteiger partial charge on any atom is -0.358 e. The van der Waals surface area contributed by atoms with Crippen LogP contribution in [0.4, 0.5) is 11.5 Å². The molecule has 0 aliphatic rings. The molecule has 2 N–H and O–H groups in total. The molecule has 0 spiro atoms. The molecule has 7 nitrogen and oxygen atoms in total. The van der Waals surface area contributed by atoms with Crippen molar-refractivity contribution in [1.82, 2.24) is 9.97 Å². The zero-order chi connectivity index (χ0) is 17.3. The highest BCUT2D eigenvalue weighted by atomic mass is 32.2. The van der Waals surface area contributed by atoms with Crippen LogP contribution in [0.25, 0.3) is 10.9 Å². The normalized spacial score (nSPS) is 11.2. The number of nitriles is 1. The number of anilines is 2. The number of nitrogens with one attached hydrogen (secondary N) is 2. The molecule has 3 aromatic rings. The highest BCUT2D eigenvalue weighted by Crippen LogP contribution is 2.19. The van der Waals surface area contributed by atoms with Gasteiger partial charge < -0.3 is 10.3 Å². The van der Waals surface area contributed by atoms with Crippen LogP contribution >= 0.6 is 0 Å². The Morgan fingerprint density at radius 1 is 1.25 bits per heavy atom. The predicted octanol–water partition coefficient (Wildman–Crippen LogP) is 1.94. The van der Waals surface area contributed by atoms with Gasteiger partial charge >= 0.3 is 0 Å². The van der Waals surface area contributed by atoms with Gasteiger partial charge in [-0.3, -0.25) is 4.79 Å². The Morgan fingerprint density at radius 2 is 1.96 bits per heavy atom. The zero-order valence-corrected chi connectivity index (χ0v) is 13.4. The molecule has 24 heavy (non-hydrogen) atoms. The molecule has 0 fully saturated rings. The SMILES string of the molecule is CS(=O)(=O)c1ccc(Nc2cc3c(=O)c(C#N)c[nH]c3cn2)cc1. The minimum atomic E-state index is -3.25. The summed E-state index contributed by atoms with van der Waals surface area (Å²) in [5.41, 5.74) is 0.806. The van der Waals surface area contributed by atoms with E-state index in [2.05, 4.69) is 15.3 Å². The highest BCUT2D eigenvalue weighted by Gasteiger charge is 2.08. The van der Waals surface area contributed by atoms with Gasteiger partial charge in [-0.15, -0.1) is 0 Å². The van der Waals surface area contributed by atoms with E-state index in [1.165, 1.54) is 24.5 Å². The third-order valence-corrected chi connectivity index (χ3v) is 4.57. The fourth-order valence-corrected chi connectivity index (χ4v) is 2.83. The first-order valence-corrected chi connectivity index (χ1v) is 8.76. The highest BCUT2D eigenvalue weighted by molar-refractivity contribution is 7.90. The lowest BCUT2D eigenvalue weighted by Crippen LogP contribution is -2.08. The number of pyridine rings is 2. The Bertz CT molecular complexity index is 1130. The number of sulfone groups is 1. The second kappa shape index (κ2) is 5.79. The van der Waals surface area contributed by atoms with E-state index in [1.54, 1.807) is 18.2 Å². The summed E-state index contributed by atoms with van der Waals surface area (Å²) >= 11 is 0. The second-order valence-corrected chi connectivity index (χ2v) is 7.20. The van der Waals surface area contributed by atoms with Crippen LogP contribution < -0.4 is 10.7 Å². The Kier molecular flexibility index (Phi) is 3.79. The van der Waals surface area contributed by atoms with Crippen molar-refractivity contribution in [1.29, 1.82) is 5.26 Å². The van der Waals surface area contributed by atoms with Gasteiger partial charge in [-0.25, -0.2) is 13.4 Å². The maximum absolute atomic E-state index is 12.2. The zero-order valence-electron chi connectivity index (χ0n) is 12.6. The van der Waals surface area contributed by atoms with E-state index in [0.29, 0.717) is 22.4 Å². The first-order chi connectivity index (χ1) is 11.4. The van der Waals surface area contributed by atoms with E-state index < -0.39 is 9.84 Å². The Balaban J connectivity index is 1.97. The van der Waals surface area contributed by atoms with Crippen molar-refractivity contribution in [2.45, 2.75) is 4.90 Å². The number of nitrogens with zero attached hydrogens (tertiary/aromatic N) is 2. The fourth-order valence-electron chi connectivity index (χ4n) is 2.20. The summed E-state index contributed by atoms with van der Waals surface area (Å²) < 4.78 is 22.9. The van der Waals surface area contributed by atoms with Crippen molar-refractivity contribution in [3.8, 4) is 6.07 Å². The van der Waals surface area contributed by atoms with Gasteiger partial charge in [0.2, 0.25) is 5.43 Å². The lowest BCUT2D eigenvalue weighted by atomic mass is 10.2. The minimum absolute atomic E-state index is 0.0251. The average Bonchev–Trinajstić information content (AvgIpc) is 2.55. The summed E-state index contributed by atoms with van der Waals surface area (Å²) in [6.07, 6.45) is 3.98. The van der Waals surface area contributed by atoms with Crippen LogP contribution in [0.1, 0.15) is 5.56 Å². The summed E-state index contributed by atoms with van der Waals surface area (Å²) in [4.78, 5) is 19.4. The molecule has 0 amide bonds. The number of fused-ring (bicyclic) bond motifs is 1. The first-order valence-electron chi connectivity index (χ1n) is 6.87. The third-order valence-electron chi connectivity index (χ3n) is 3.44. The number of rotatable bonds is 3. The smallest absolute Gasteiger partial charge is 0.207 e. The monoisotopic (exact) mass is 340 g/mol. The van der Waals surface area contributed by atoms with Crippen LogP contribution in [-0.2, 0) is 9.84 Å². The molecule has 120 valence electrons. The van der Waals surface area contributed by atoms with Crippen LogP contribution in [0.15, 0.2) is 52.4 Å². The summed E-state index contributed by atoms with van der Waals surface area (Å²) in [7, 11) is -3.25. The lowest BCUT2D eigenvalue weighted by molar-refractivity contribution is 0.602. The Labute approximate surface area is 137 Å². The van der Waals surface area contributed by atoms with Gasteiger partial charge in [-0.2, -0.15) is 5.26 Å². The van der Waals surface area contributed by atoms with E-state index in [1.807, 2.05) is 6.07 Å². The Hall–Kier alpha value is -3.18. The van der Waals surface area contributed by atoms with Gasteiger partial charge in [-0.1, -0.05) is 0 Å². The van der Waals surface area contributed by atoms with Gasteiger partial charge in [0.1, 0.15) is 17.5 Å². The van der Waals surface area contributed by atoms with Crippen molar-refractivity contribution in [2.75, 3.05) is 11.6 Å². The summed E-state index contributed by atoms with van der Waals surface area (Å²) in [6.45, 7) is 0. The van der Waals surface area contributed by atoms with Crippen LogP contribution in [0.3, 0.4) is 0 Å². The molecule has 0 radical (unpaired) electrons. The number of benzene rings is 1. The maximum Gasteiger partial charge on any atom is 0.207 e. The summed E-state index contributed by atoms with van der Waals surface area (Å²) in [5.74, 6) is 0.412. The first kappa shape index (κ1) is 15.7.